The number of unbranched alkanes of at least 4 members (excludes halogenated alkanes) is 1. The van der Waals surface area contributed by atoms with Crippen molar-refractivity contribution in [3.8, 4) is 22.3 Å². The van der Waals surface area contributed by atoms with Crippen LogP contribution in [-0.2, 0) is 29.2 Å². The first-order valence-electron chi connectivity index (χ1n) is 13.5. The van der Waals surface area contributed by atoms with Crippen LogP contribution in [-0.4, -0.2) is 90.5 Å². The van der Waals surface area contributed by atoms with Crippen LogP contribution < -0.4 is 10.6 Å². The van der Waals surface area contributed by atoms with Gasteiger partial charge in [-0.05, 0) is 69.4 Å². The zero-order chi connectivity index (χ0) is 33.6. The molecule has 15 nitrogen and oxygen atoms in total. The van der Waals surface area contributed by atoms with E-state index in [4.69, 9.17) is 4.74 Å². The van der Waals surface area contributed by atoms with Crippen LogP contribution in [0.15, 0.2) is 53.3 Å². The van der Waals surface area contributed by atoms with Gasteiger partial charge in [0.25, 0.3) is 5.91 Å². The third-order valence-corrected chi connectivity index (χ3v) is 7.72. The van der Waals surface area contributed by atoms with E-state index in [0.717, 1.165) is 12.5 Å². The summed E-state index contributed by atoms with van der Waals surface area (Å²) in [5.41, 5.74) is 0.840. The molecular weight excluding hydrogens is 628 g/mol. The highest BCUT2D eigenvalue weighted by Crippen LogP contribution is 2.28. The molecule has 3 rings (SSSR count). The molecule has 0 bridgehead atoms. The van der Waals surface area contributed by atoms with Gasteiger partial charge in [-0.3, -0.25) is 4.79 Å². The van der Waals surface area contributed by atoms with Crippen LogP contribution in [0.4, 0.5) is 4.79 Å². The molecule has 2 heterocycles. The second-order valence-electron chi connectivity index (χ2n) is 11.1. The second kappa shape index (κ2) is 14.1. The lowest BCUT2D eigenvalue weighted by atomic mass is 9.98. The summed E-state index contributed by atoms with van der Waals surface area (Å²) < 4.78 is 52.4. The van der Waals surface area contributed by atoms with E-state index in [-0.39, 0.29) is 18.5 Å². The van der Waals surface area contributed by atoms with Crippen molar-refractivity contribution < 1.29 is 41.1 Å². The summed E-state index contributed by atoms with van der Waals surface area (Å²) in [6.45, 7) is 5.45. The summed E-state index contributed by atoms with van der Waals surface area (Å²) in [4.78, 5) is 52.6. The first-order chi connectivity index (χ1) is 20.8. The minimum Gasteiger partial charge on any atom is -0.480 e. The van der Waals surface area contributed by atoms with Gasteiger partial charge in [-0.15, -0.1) is 0 Å². The number of aromatic nitrogens is 4. The fraction of sp³-hybridized carbons (Fsp3) is 0.393. The van der Waals surface area contributed by atoms with Gasteiger partial charge < -0.3 is 20.5 Å². The van der Waals surface area contributed by atoms with Gasteiger partial charge in [-0.25, -0.2) is 46.4 Å². The molecule has 0 fully saturated rings. The number of hydrogen-bond donors (Lipinski definition) is 3. The van der Waals surface area contributed by atoms with E-state index in [1.807, 2.05) is 0 Å². The summed E-state index contributed by atoms with van der Waals surface area (Å²) in [7, 11) is -7.34. The van der Waals surface area contributed by atoms with Gasteiger partial charge in [0.05, 0.1) is 0 Å². The van der Waals surface area contributed by atoms with Crippen LogP contribution in [0.1, 0.15) is 50.4 Å². The SMILES string of the molecule is CC(C)(C)OC(=O)NCCCC[C@H](NC(=O)c1cc(-c2cnc(S(C)(=O)=O)nc2)cc(-c2cnc(S(C)(=O)=O)nc2)c1)C(=O)O. The third-order valence-electron chi connectivity index (χ3n) is 5.97. The number of aliphatic carboxylic acids is 1. The van der Waals surface area contributed by atoms with Crippen LogP contribution in [0.2, 0.25) is 0 Å². The monoisotopic (exact) mass is 662 g/mol. The van der Waals surface area contributed by atoms with Gasteiger partial charge in [0.1, 0.15) is 11.6 Å². The summed E-state index contributed by atoms with van der Waals surface area (Å²) in [5.74, 6) is -1.98. The smallest absolute Gasteiger partial charge is 0.407 e. The maximum absolute atomic E-state index is 13.3. The Bertz CT molecular complexity index is 1680. The van der Waals surface area contributed by atoms with Gasteiger partial charge >= 0.3 is 12.1 Å². The van der Waals surface area contributed by atoms with Crippen molar-refractivity contribution in [2.24, 2.45) is 0 Å². The van der Waals surface area contributed by atoms with Crippen molar-refractivity contribution in [1.82, 2.24) is 30.6 Å². The maximum Gasteiger partial charge on any atom is 0.407 e. The van der Waals surface area contributed by atoms with E-state index >= 15 is 0 Å². The fourth-order valence-electron chi connectivity index (χ4n) is 3.88. The highest BCUT2D eigenvalue weighted by atomic mass is 32.2. The molecule has 0 aliphatic rings. The number of sulfone groups is 2. The van der Waals surface area contributed by atoms with Crippen LogP contribution in [0.3, 0.4) is 0 Å². The number of nitrogens with one attached hydrogen (secondary N) is 2. The van der Waals surface area contributed by atoms with Gasteiger partial charge in [0.15, 0.2) is 0 Å². The predicted octanol–water partition coefficient (Wildman–Crippen LogP) is 2.29. The lowest BCUT2D eigenvalue weighted by Crippen LogP contribution is -2.41. The number of amides is 2. The number of carbonyl (C=O) groups is 3. The number of rotatable bonds is 12. The Hall–Kier alpha value is -4.51. The topological polar surface area (TPSA) is 225 Å². The molecule has 2 aromatic heterocycles. The second-order valence-corrected chi connectivity index (χ2v) is 15.0. The molecule has 17 heteroatoms. The first-order valence-corrected chi connectivity index (χ1v) is 17.3. The van der Waals surface area contributed by atoms with Crippen LogP contribution >= 0.6 is 0 Å². The van der Waals surface area contributed by atoms with Crippen molar-refractivity contribution in [3.05, 3.63) is 48.5 Å². The Morgan fingerprint density at radius 1 is 0.800 bits per heavy atom. The molecule has 3 aromatic rings. The summed E-state index contributed by atoms with van der Waals surface area (Å²) in [6, 6.07) is 3.27. The summed E-state index contributed by atoms with van der Waals surface area (Å²) >= 11 is 0. The molecule has 0 saturated heterocycles. The number of benzene rings is 1. The van der Waals surface area contributed by atoms with Gasteiger partial charge in [-0.1, -0.05) is 0 Å². The molecular formula is C28H34N6O9S2. The molecule has 0 unspecified atom stereocenters. The molecule has 0 radical (unpaired) electrons. The number of alkyl carbamates (subject to hydrolysis) is 1. The van der Waals surface area contributed by atoms with E-state index in [2.05, 4.69) is 30.6 Å². The zero-order valence-electron chi connectivity index (χ0n) is 25.3. The van der Waals surface area contributed by atoms with Crippen LogP contribution in [0, 0.1) is 0 Å². The normalized spacial score (nSPS) is 12.6. The van der Waals surface area contributed by atoms with E-state index in [0.29, 0.717) is 35.1 Å². The van der Waals surface area contributed by atoms with Gasteiger partial charge in [0.2, 0.25) is 30.0 Å². The molecule has 1 atom stereocenters. The number of nitrogens with zero attached hydrogens (tertiary/aromatic N) is 4. The number of carboxylic acids is 1. The standard InChI is InChI=1S/C28H34N6O9S2/c1-28(2,3)43-27(38)29-9-7-6-8-22(24(36)37)34-23(35)19-11-17(20-13-30-25(31-14-20)44(4,39)40)10-18(12-19)21-15-32-26(33-16-21)45(5,41)42/h10-16,22H,6-9H2,1-5H3,(H,29,38)(H,34,35)(H,36,37)/t22-/m0/s1. The molecule has 2 amide bonds. The van der Waals surface area contributed by atoms with Crippen LogP contribution in [0.5, 0.6) is 0 Å². The van der Waals surface area contributed by atoms with E-state index in [1.165, 1.54) is 36.9 Å². The zero-order valence-corrected chi connectivity index (χ0v) is 26.9. The highest BCUT2D eigenvalue weighted by molar-refractivity contribution is 7.90. The van der Waals surface area contributed by atoms with Crippen molar-refractivity contribution in [2.75, 3.05) is 19.1 Å². The largest absolute Gasteiger partial charge is 0.480 e. The minimum atomic E-state index is -3.67. The lowest BCUT2D eigenvalue weighted by Gasteiger charge is -2.19. The molecule has 0 spiro atoms. The molecule has 0 aliphatic heterocycles. The molecule has 1 aromatic carbocycles. The summed E-state index contributed by atoms with van der Waals surface area (Å²) in [5, 5.41) is 14.1. The van der Waals surface area contributed by atoms with Gasteiger partial charge in [-0.2, -0.15) is 0 Å². The average molecular weight is 663 g/mol. The number of carboxylic acid groups (broad SMARTS) is 1. The highest BCUT2D eigenvalue weighted by Gasteiger charge is 2.22. The van der Waals surface area contributed by atoms with Crippen LogP contribution in [0.25, 0.3) is 22.3 Å². The Morgan fingerprint density at radius 2 is 1.27 bits per heavy atom. The lowest BCUT2D eigenvalue weighted by molar-refractivity contribution is -0.139. The molecule has 45 heavy (non-hydrogen) atoms. The molecule has 242 valence electrons. The van der Waals surface area contributed by atoms with E-state index in [1.54, 1.807) is 26.8 Å². The van der Waals surface area contributed by atoms with Crippen molar-refractivity contribution >= 4 is 37.6 Å². The molecule has 0 saturated carbocycles. The number of hydrogen-bond acceptors (Lipinski definition) is 12. The van der Waals surface area contributed by atoms with E-state index < -0.39 is 59.6 Å². The quantitative estimate of drug-likeness (QED) is 0.187. The van der Waals surface area contributed by atoms with E-state index in [9.17, 15) is 36.3 Å². The van der Waals surface area contributed by atoms with Crippen molar-refractivity contribution in [3.63, 3.8) is 0 Å². The fourth-order valence-corrected chi connectivity index (χ4v) is 4.86. The van der Waals surface area contributed by atoms with Gasteiger partial charge in [0, 0.05) is 60.5 Å². The van der Waals surface area contributed by atoms with Crippen molar-refractivity contribution in [2.45, 2.75) is 62.0 Å². The summed E-state index contributed by atoms with van der Waals surface area (Å²) in [6.07, 6.45) is 7.26. The van der Waals surface area contributed by atoms with Crippen molar-refractivity contribution in [1.29, 1.82) is 0 Å². The minimum absolute atomic E-state index is 0.0414. The first kappa shape index (κ1) is 35.0. The number of ether oxygens (including phenoxy) is 1. The third kappa shape index (κ3) is 10.6. The maximum atomic E-state index is 13.3. The number of carbonyl (C=O) groups excluding carboxylic acids is 2. The molecule has 3 N–H and O–H groups in total. The predicted molar refractivity (Wildman–Crippen MR) is 162 cm³/mol. The average Bonchev–Trinajstić information content (AvgIpc) is 2.94. The Kier molecular flexibility index (Phi) is 10.9. The Morgan fingerprint density at radius 3 is 1.67 bits per heavy atom. The molecule has 0 aliphatic carbocycles. The Labute approximate surface area is 260 Å². The Balaban J connectivity index is 1.85.